The number of carbonyl (C=O) groups excluding carboxylic acids is 1. The minimum atomic E-state index is -0.416. The summed E-state index contributed by atoms with van der Waals surface area (Å²) >= 11 is 0. The minimum absolute atomic E-state index is 0.0208. The average molecular weight is 294 g/mol. The van der Waals surface area contributed by atoms with E-state index in [-0.39, 0.29) is 11.7 Å². The smallest absolute Gasteiger partial charge is 0.185 e. The standard InChI is InChI=1S/C17H27FN2O/c1-12(2)9-20(10-13(3)4)11-14(5)17(21)16-7-6-15(18)8-19-16/h6-8,12-14H,9-11H2,1-5H3. The molecule has 1 heterocycles. The van der Waals surface area contributed by atoms with Gasteiger partial charge >= 0.3 is 0 Å². The molecule has 1 atom stereocenters. The van der Waals surface area contributed by atoms with Crippen molar-refractivity contribution in [2.75, 3.05) is 19.6 Å². The molecule has 0 aliphatic rings. The third-order valence-electron chi connectivity index (χ3n) is 3.21. The van der Waals surface area contributed by atoms with Gasteiger partial charge in [0.2, 0.25) is 0 Å². The monoisotopic (exact) mass is 294 g/mol. The zero-order valence-corrected chi connectivity index (χ0v) is 13.8. The van der Waals surface area contributed by atoms with E-state index in [1.807, 2.05) is 6.92 Å². The van der Waals surface area contributed by atoms with Crippen LogP contribution in [0.4, 0.5) is 4.39 Å². The lowest BCUT2D eigenvalue weighted by Crippen LogP contribution is -2.37. The molecule has 4 heteroatoms. The van der Waals surface area contributed by atoms with Crippen molar-refractivity contribution in [3.63, 3.8) is 0 Å². The second-order valence-electron chi connectivity index (χ2n) is 6.63. The fourth-order valence-corrected chi connectivity index (χ4v) is 2.50. The number of halogens is 1. The van der Waals surface area contributed by atoms with E-state index in [2.05, 4.69) is 37.6 Å². The predicted molar refractivity (Wildman–Crippen MR) is 83.8 cm³/mol. The van der Waals surface area contributed by atoms with Gasteiger partial charge in [0.05, 0.1) is 6.20 Å². The molecule has 0 aliphatic heterocycles. The lowest BCUT2D eigenvalue weighted by Gasteiger charge is -2.28. The maximum atomic E-state index is 12.9. The maximum Gasteiger partial charge on any atom is 0.185 e. The number of hydrogen-bond donors (Lipinski definition) is 0. The van der Waals surface area contributed by atoms with Crippen LogP contribution in [0.1, 0.15) is 45.1 Å². The van der Waals surface area contributed by atoms with Crippen molar-refractivity contribution in [1.29, 1.82) is 0 Å². The fraction of sp³-hybridized carbons (Fsp3) is 0.647. The van der Waals surface area contributed by atoms with Crippen molar-refractivity contribution in [1.82, 2.24) is 9.88 Å². The van der Waals surface area contributed by atoms with Crippen LogP contribution in [0.2, 0.25) is 0 Å². The SMILES string of the molecule is CC(C)CN(CC(C)C)CC(C)C(=O)c1ccc(F)cn1. The summed E-state index contributed by atoms with van der Waals surface area (Å²) in [4.78, 5) is 18.6. The van der Waals surface area contributed by atoms with Gasteiger partial charge in [0.15, 0.2) is 5.78 Å². The van der Waals surface area contributed by atoms with Gasteiger partial charge in [0.25, 0.3) is 0 Å². The number of nitrogens with zero attached hydrogens (tertiary/aromatic N) is 2. The molecule has 0 fully saturated rings. The summed E-state index contributed by atoms with van der Waals surface area (Å²) in [5.74, 6) is 0.554. The predicted octanol–water partition coefficient (Wildman–Crippen LogP) is 3.65. The molecule has 21 heavy (non-hydrogen) atoms. The number of hydrogen-bond acceptors (Lipinski definition) is 3. The summed E-state index contributed by atoms with van der Waals surface area (Å²) in [5.41, 5.74) is 0.345. The molecular weight excluding hydrogens is 267 g/mol. The van der Waals surface area contributed by atoms with E-state index in [9.17, 15) is 9.18 Å². The van der Waals surface area contributed by atoms with E-state index in [0.29, 0.717) is 24.1 Å². The first kappa shape index (κ1) is 17.8. The molecule has 1 unspecified atom stereocenters. The summed E-state index contributed by atoms with van der Waals surface area (Å²) in [5, 5.41) is 0. The lowest BCUT2D eigenvalue weighted by molar-refractivity contribution is 0.0875. The molecule has 0 aliphatic carbocycles. The number of aromatic nitrogens is 1. The lowest BCUT2D eigenvalue weighted by atomic mass is 10.0. The largest absolute Gasteiger partial charge is 0.302 e. The van der Waals surface area contributed by atoms with Crippen molar-refractivity contribution >= 4 is 5.78 Å². The second-order valence-corrected chi connectivity index (χ2v) is 6.63. The Labute approximate surface area is 127 Å². The van der Waals surface area contributed by atoms with Gasteiger partial charge in [-0.25, -0.2) is 4.39 Å². The van der Waals surface area contributed by atoms with Crippen LogP contribution in [0.15, 0.2) is 18.3 Å². The average Bonchev–Trinajstić information content (AvgIpc) is 2.37. The highest BCUT2D eigenvalue weighted by Gasteiger charge is 2.20. The molecule has 0 saturated carbocycles. The highest BCUT2D eigenvalue weighted by Crippen LogP contribution is 2.12. The van der Waals surface area contributed by atoms with E-state index in [4.69, 9.17) is 0 Å². The van der Waals surface area contributed by atoms with Gasteiger partial charge in [0, 0.05) is 25.6 Å². The van der Waals surface area contributed by atoms with Crippen molar-refractivity contribution in [2.45, 2.75) is 34.6 Å². The number of Topliss-reactive ketones (excluding diaryl/α,β-unsaturated/α-hetero) is 1. The molecular formula is C17H27FN2O. The van der Waals surface area contributed by atoms with Gasteiger partial charge in [-0.1, -0.05) is 34.6 Å². The molecule has 0 radical (unpaired) electrons. The highest BCUT2D eigenvalue weighted by atomic mass is 19.1. The first-order valence-electron chi connectivity index (χ1n) is 7.67. The zero-order valence-electron chi connectivity index (χ0n) is 13.8. The van der Waals surface area contributed by atoms with Crippen molar-refractivity contribution < 1.29 is 9.18 Å². The van der Waals surface area contributed by atoms with Crippen LogP contribution in [-0.4, -0.2) is 35.3 Å². The van der Waals surface area contributed by atoms with Crippen LogP contribution in [0.25, 0.3) is 0 Å². The van der Waals surface area contributed by atoms with Crippen LogP contribution in [0, 0.1) is 23.6 Å². The normalized spacial score (nSPS) is 13.2. The van der Waals surface area contributed by atoms with Gasteiger partial charge in [-0.2, -0.15) is 0 Å². The Morgan fingerprint density at radius 1 is 1.10 bits per heavy atom. The van der Waals surface area contributed by atoms with Crippen molar-refractivity contribution in [3.8, 4) is 0 Å². The quantitative estimate of drug-likeness (QED) is 0.686. The zero-order chi connectivity index (χ0) is 16.0. The van der Waals surface area contributed by atoms with E-state index in [0.717, 1.165) is 19.3 Å². The van der Waals surface area contributed by atoms with Crippen LogP contribution < -0.4 is 0 Å². The van der Waals surface area contributed by atoms with Gasteiger partial charge in [-0.3, -0.25) is 9.78 Å². The number of ketones is 1. The molecule has 0 amide bonds. The van der Waals surface area contributed by atoms with E-state index >= 15 is 0 Å². The number of carbonyl (C=O) groups is 1. The van der Waals surface area contributed by atoms with Gasteiger partial charge in [-0.15, -0.1) is 0 Å². The molecule has 1 aromatic heterocycles. The third kappa shape index (κ3) is 6.34. The van der Waals surface area contributed by atoms with Gasteiger partial charge < -0.3 is 4.90 Å². The Balaban J connectivity index is 2.68. The molecule has 0 saturated heterocycles. The Bertz CT molecular complexity index is 433. The van der Waals surface area contributed by atoms with Crippen molar-refractivity contribution in [3.05, 3.63) is 29.8 Å². The summed E-state index contributed by atoms with van der Waals surface area (Å²) in [7, 11) is 0. The van der Waals surface area contributed by atoms with Crippen molar-refractivity contribution in [2.24, 2.45) is 17.8 Å². The Morgan fingerprint density at radius 3 is 2.10 bits per heavy atom. The molecule has 0 bridgehead atoms. The first-order valence-corrected chi connectivity index (χ1v) is 7.67. The van der Waals surface area contributed by atoms with E-state index < -0.39 is 5.82 Å². The molecule has 0 N–H and O–H groups in total. The highest BCUT2D eigenvalue weighted by molar-refractivity contribution is 5.95. The summed E-state index contributed by atoms with van der Waals surface area (Å²) < 4.78 is 12.9. The fourth-order valence-electron chi connectivity index (χ4n) is 2.50. The second kappa shape index (κ2) is 8.23. The van der Waals surface area contributed by atoms with Crippen LogP contribution >= 0.6 is 0 Å². The summed E-state index contributed by atoms with van der Waals surface area (Å²) in [6.45, 7) is 13.3. The molecule has 0 spiro atoms. The Morgan fingerprint density at radius 2 is 1.67 bits per heavy atom. The number of rotatable bonds is 8. The first-order chi connectivity index (χ1) is 9.79. The Kier molecular flexibility index (Phi) is 6.96. The summed E-state index contributed by atoms with van der Waals surface area (Å²) in [6.07, 6.45) is 1.10. The van der Waals surface area contributed by atoms with E-state index in [1.165, 1.54) is 12.1 Å². The number of pyridine rings is 1. The Hall–Kier alpha value is -1.29. The van der Waals surface area contributed by atoms with Crippen LogP contribution in [-0.2, 0) is 0 Å². The topological polar surface area (TPSA) is 33.2 Å². The van der Waals surface area contributed by atoms with Crippen LogP contribution in [0.3, 0.4) is 0 Å². The molecule has 1 aromatic rings. The molecule has 1 rings (SSSR count). The van der Waals surface area contributed by atoms with Gasteiger partial charge in [-0.05, 0) is 24.0 Å². The van der Waals surface area contributed by atoms with Gasteiger partial charge in [0.1, 0.15) is 11.5 Å². The third-order valence-corrected chi connectivity index (χ3v) is 3.21. The van der Waals surface area contributed by atoms with E-state index in [1.54, 1.807) is 0 Å². The molecule has 3 nitrogen and oxygen atoms in total. The maximum absolute atomic E-state index is 12.9. The summed E-state index contributed by atoms with van der Waals surface area (Å²) in [6, 6.07) is 2.75. The molecule has 0 aromatic carbocycles. The molecule has 118 valence electrons. The minimum Gasteiger partial charge on any atom is -0.302 e. The van der Waals surface area contributed by atoms with Crippen LogP contribution in [0.5, 0.6) is 0 Å².